The van der Waals surface area contributed by atoms with E-state index in [4.69, 9.17) is 0 Å². The molecular weight excluding hydrogens is 695 g/mol. The lowest BCUT2D eigenvalue weighted by atomic mass is 9.42. The summed E-state index contributed by atoms with van der Waals surface area (Å²) >= 11 is 2.01. The number of fused-ring (bicyclic) bond motifs is 3. The van der Waals surface area contributed by atoms with Crippen LogP contribution in [0, 0.1) is 23.7 Å². The number of hydrogen-bond donors (Lipinski definition) is 0. The van der Waals surface area contributed by atoms with Crippen LogP contribution in [0.4, 0.5) is 17.1 Å². The fraction of sp³-hybridized carbons (Fsp3) is 0.333. The van der Waals surface area contributed by atoms with Crippen molar-refractivity contribution < 1.29 is 0 Å². The summed E-state index contributed by atoms with van der Waals surface area (Å²) in [5.74, 6) is 3.39. The summed E-state index contributed by atoms with van der Waals surface area (Å²) in [6, 6.07) is 53.5. The molecule has 2 heteroatoms. The Hall–Kier alpha value is -4.53. The van der Waals surface area contributed by atoms with Crippen LogP contribution >= 0.6 is 11.8 Å². The zero-order chi connectivity index (χ0) is 37.8. The normalized spacial score (nSPS) is 26.0. The first-order valence-electron chi connectivity index (χ1n) is 21.3. The predicted octanol–water partition coefficient (Wildman–Crippen LogP) is 15.0. The van der Waals surface area contributed by atoms with Gasteiger partial charge in [0.05, 0.1) is 5.69 Å². The van der Waals surface area contributed by atoms with Gasteiger partial charge in [0.2, 0.25) is 0 Å². The molecule has 0 amide bonds. The first kappa shape index (κ1) is 34.7. The van der Waals surface area contributed by atoms with Gasteiger partial charge in [0.15, 0.2) is 0 Å². The smallest absolute Gasteiger partial charge is 0.0502 e. The largest absolute Gasteiger partial charge is 0.310 e. The van der Waals surface area contributed by atoms with Gasteiger partial charge in [0.25, 0.3) is 0 Å². The Balaban J connectivity index is 1.02. The molecule has 0 aromatic heterocycles. The SMILES string of the molecule is CC1(C)CCC(C)(C)c2c(N(c3ccc(-c4ccccc4)cc3)c3ccc(-c4ccc5c(c4)C4(c6ccccc6S5)C5CC6CC(C5)CC4C6)cc3)cccc21. The van der Waals surface area contributed by atoms with Crippen molar-refractivity contribution in [3.8, 4) is 22.3 Å². The maximum Gasteiger partial charge on any atom is 0.0502 e. The van der Waals surface area contributed by atoms with Crippen LogP contribution in [-0.2, 0) is 16.2 Å². The number of rotatable bonds is 5. The molecule has 0 saturated heterocycles. The Morgan fingerprint density at radius 2 is 1.00 bits per heavy atom. The molecule has 0 radical (unpaired) electrons. The molecule has 4 fully saturated rings. The molecule has 280 valence electrons. The molecule has 4 saturated carbocycles. The van der Waals surface area contributed by atoms with Crippen molar-refractivity contribution in [3.63, 3.8) is 0 Å². The number of anilines is 3. The summed E-state index contributed by atoms with van der Waals surface area (Å²) in [5, 5.41) is 0. The van der Waals surface area contributed by atoms with Crippen LogP contribution in [0.5, 0.6) is 0 Å². The summed E-state index contributed by atoms with van der Waals surface area (Å²) in [6.45, 7) is 9.77. The number of hydrogen-bond acceptors (Lipinski definition) is 2. The van der Waals surface area contributed by atoms with Crippen molar-refractivity contribution in [1.82, 2.24) is 0 Å². The fourth-order valence-electron chi connectivity index (χ4n) is 12.6. The summed E-state index contributed by atoms with van der Waals surface area (Å²) in [4.78, 5) is 5.52. The van der Waals surface area contributed by atoms with Crippen LogP contribution in [0.2, 0.25) is 0 Å². The van der Waals surface area contributed by atoms with E-state index in [1.807, 2.05) is 11.8 Å². The highest BCUT2D eigenvalue weighted by Crippen LogP contribution is 2.69. The van der Waals surface area contributed by atoms with Gasteiger partial charge >= 0.3 is 0 Å². The first-order valence-corrected chi connectivity index (χ1v) is 22.1. The van der Waals surface area contributed by atoms with Crippen molar-refractivity contribution in [2.75, 3.05) is 4.90 Å². The van der Waals surface area contributed by atoms with Crippen LogP contribution in [0.25, 0.3) is 22.3 Å². The molecule has 4 bridgehead atoms. The van der Waals surface area contributed by atoms with Gasteiger partial charge in [-0.15, -0.1) is 0 Å². The van der Waals surface area contributed by atoms with E-state index in [1.165, 1.54) is 105 Å². The molecule has 1 nitrogen and oxygen atoms in total. The summed E-state index contributed by atoms with van der Waals surface area (Å²) < 4.78 is 0. The molecule has 6 aromatic rings. The highest BCUT2D eigenvalue weighted by atomic mass is 32.2. The van der Waals surface area contributed by atoms with Crippen LogP contribution in [0.1, 0.15) is 94.9 Å². The molecule has 6 aliphatic rings. The quantitative estimate of drug-likeness (QED) is 0.173. The van der Waals surface area contributed by atoms with E-state index >= 15 is 0 Å². The number of benzene rings is 6. The van der Waals surface area contributed by atoms with Crippen molar-refractivity contribution in [2.45, 2.75) is 98.7 Å². The molecule has 0 unspecified atom stereocenters. The highest BCUT2D eigenvalue weighted by molar-refractivity contribution is 7.99. The minimum atomic E-state index is 0.0667. The predicted molar refractivity (Wildman–Crippen MR) is 236 cm³/mol. The second-order valence-corrected chi connectivity index (χ2v) is 20.3. The van der Waals surface area contributed by atoms with E-state index in [0.29, 0.717) is 0 Å². The van der Waals surface area contributed by atoms with Gasteiger partial charge in [-0.3, -0.25) is 0 Å². The zero-order valence-electron chi connectivity index (χ0n) is 33.4. The first-order chi connectivity index (χ1) is 27.2. The molecular formula is C54H53NS. The van der Waals surface area contributed by atoms with Gasteiger partial charge in [-0.1, -0.05) is 130 Å². The lowest BCUT2D eigenvalue weighted by molar-refractivity contribution is -0.0443. The standard InChI is InChI=1S/C54H53NS/c1-52(2)27-28-53(3,4)51-46(52)14-10-15-48(51)55(43-22-17-38(18-23-43)37-11-6-5-7-12-37)44-24-19-39(20-25-44)40-21-26-50-47(34-40)54(45-13-8-9-16-49(45)56-50)41-30-35-29-36(32-41)33-42(54)31-35/h5-26,34-36,41-42H,27-33H2,1-4H3. The summed E-state index contributed by atoms with van der Waals surface area (Å²) in [6.07, 6.45) is 9.48. The number of nitrogens with zero attached hydrogens (tertiary/aromatic N) is 1. The third kappa shape index (κ3) is 5.27. The third-order valence-electron chi connectivity index (χ3n) is 15.2. The zero-order valence-corrected chi connectivity index (χ0v) is 34.2. The second-order valence-electron chi connectivity index (χ2n) is 19.2. The van der Waals surface area contributed by atoms with Crippen LogP contribution in [0.3, 0.4) is 0 Å². The highest BCUT2D eigenvalue weighted by Gasteiger charge is 2.60. The Bertz CT molecular complexity index is 2430. The average molecular weight is 748 g/mol. The Morgan fingerprint density at radius 1 is 0.464 bits per heavy atom. The van der Waals surface area contributed by atoms with Crippen LogP contribution < -0.4 is 4.90 Å². The lowest BCUT2D eigenvalue weighted by Crippen LogP contribution is -2.57. The van der Waals surface area contributed by atoms with Crippen molar-refractivity contribution >= 4 is 28.8 Å². The topological polar surface area (TPSA) is 3.24 Å². The molecule has 56 heavy (non-hydrogen) atoms. The molecule has 1 aliphatic heterocycles. The molecule has 1 spiro atoms. The Kier molecular flexibility index (Phi) is 7.89. The second kappa shape index (κ2) is 12.7. The molecule has 1 heterocycles. The van der Waals surface area contributed by atoms with Gasteiger partial charge in [0, 0.05) is 26.6 Å². The molecule has 6 aromatic carbocycles. The van der Waals surface area contributed by atoms with E-state index in [-0.39, 0.29) is 16.2 Å². The summed E-state index contributed by atoms with van der Waals surface area (Å²) in [5.41, 5.74) is 15.4. The monoisotopic (exact) mass is 747 g/mol. The van der Waals surface area contributed by atoms with Gasteiger partial charge in [0.1, 0.15) is 0 Å². The van der Waals surface area contributed by atoms with Crippen LogP contribution in [-0.4, -0.2) is 0 Å². The average Bonchev–Trinajstić information content (AvgIpc) is 3.22. The molecule has 5 aliphatic carbocycles. The van der Waals surface area contributed by atoms with Gasteiger partial charge < -0.3 is 4.90 Å². The fourth-order valence-corrected chi connectivity index (χ4v) is 13.8. The van der Waals surface area contributed by atoms with Crippen molar-refractivity contribution in [3.05, 3.63) is 162 Å². The Labute approximate surface area is 338 Å². The van der Waals surface area contributed by atoms with E-state index < -0.39 is 0 Å². The lowest BCUT2D eigenvalue weighted by Gasteiger charge is -2.63. The van der Waals surface area contributed by atoms with E-state index in [2.05, 4.69) is 172 Å². The Morgan fingerprint density at radius 3 is 1.68 bits per heavy atom. The maximum absolute atomic E-state index is 2.63. The summed E-state index contributed by atoms with van der Waals surface area (Å²) in [7, 11) is 0. The molecule has 12 rings (SSSR count). The van der Waals surface area contributed by atoms with Gasteiger partial charge in [-0.2, -0.15) is 0 Å². The van der Waals surface area contributed by atoms with Crippen molar-refractivity contribution in [1.29, 1.82) is 0 Å². The van der Waals surface area contributed by atoms with Crippen molar-refractivity contribution in [2.24, 2.45) is 23.7 Å². The van der Waals surface area contributed by atoms with Gasteiger partial charge in [-0.25, -0.2) is 0 Å². The third-order valence-corrected chi connectivity index (χ3v) is 16.3. The maximum atomic E-state index is 2.63. The van der Waals surface area contributed by atoms with E-state index in [9.17, 15) is 0 Å². The minimum absolute atomic E-state index is 0.0667. The molecule has 0 atom stereocenters. The molecule has 0 N–H and O–H groups in total. The van der Waals surface area contributed by atoms with Gasteiger partial charge in [-0.05, 0) is 172 Å². The van der Waals surface area contributed by atoms with E-state index in [1.54, 1.807) is 11.1 Å². The minimum Gasteiger partial charge on any atom is -0.310 e. The van der Waals surface area contributed by atoms with Crippen LogP contribution in [0.15, 0.2) is 149 Å². The van der Waals surface area contributed by atoms with E-state index in [0.717, 1.165) is 23.7 Å².